The van der Waals surface area contributed by atoms with Gasteiger partial charge in [-0.3, -0.25) is 0 Å². The summed E-state index contributed by atoms with van der Waals surface area (Å²) in [6, 6.07) is 0.470. The summed E-state index contributed by atoms with van der Waals surface area (Å²) in [6.07, 6.45) is 3.66. The third kappa shape index (κ3) is 3.07. The van der Waals surface area contributed by atoms with Gasteiger partial charge in [-0.2, -0.15) is 16.1 Å². The van der Waals surface area contributed by atoms with Gasteiger partial charge >= 0.3 is 0 Å². The summed E-state index contributed by atoms with van der Waals surface area (Å²) in [5.41, 5.74) is 0. The molecule has 1 rings (SSSR count). The molecule has 0 saturated carbocycles. The van der Waals surface area contributed by atoms with Gasteiger partial charge in [0.2, 0.25) is 5.13 Å². The average molecular weight is 189 g/mol. The molecule has 0 saturated heterocycles. The zero-order chi connectivity index (χ0) is 8.10. The molecule has 0 bridgehead atoms. The lowest BCUT2D eigenvalue weighted by Gasteiger charge is -2.09. The van der Waals surface area contributed by atoms with E-state index in [1.54, 1.807) is 6.33 Å². The molecule has 0 amide bonds. The molecule has 0 aliphatic carbocycles. The maximum Gasteiger partial charge on any atom is 0.202 e. The van der Waals surface area contributed by atoms with Crippen LogP contribution in [-0.4, -0.2) is 27.4 Å². The van der Waals surface area contributed by atoms with Crippen LogP contribution >= 0.6 is 23.3 Å². The van der Waals surface area contributed by atoms with Gasteiger partial charge in [0.15, 0.2) is 0 Å². The van der Waals surface area contributed by atoms with Crippen molar-refractivity contribution < 1.29 is 0 Å². The van der Waals surface area contributed by atoms with Crippen molar-refractivity contribution in [3.63, 3.8) is 0 Å². The summed E-state index contributed by atoms with van der Waals surface area (Å²) >= 11 is 3.22. The van der Waals surface area contributed by atoms with E-state index in [2.05, 4.69) is 27.9 Å². The van der Waals surface area contributed by atoms with E-state index in [1.807, 2.05) is 11.8 Å². The van der Waals surface area contributed by atoms with Gasteiger partial charge in [-0.1, -0.05) is 0 Å². The second kappa shape index (κ2) is 4.56. The van der Waals surface area contributed by atoms with E-state index in [4.69, 9.17) is 0 Å². The molecule has 5 heteroatoms. The van der Waals surface area contributed by atoms with Crippen LogP contribution in [0.2, 0.25) is 0 Å². The van der Waals surface area contributed by atoms with Crippen molar-refractivity contribution in [1.82, 2.24) is 9.36 Å². The second-order valence-corrected chi connectivity index (χ2v) is 3.94. The molecule has 0 fully saturated rings. The van der Waals surface area contributed by atoms with Crippen molar-refractivity contribution in [1.29, 1.82) is 0 Å². The number of hydrogen-bond acceptors (Lipinski definition) is 5. The van der Waals surface area contributed by atoms with Gasteiger partial charge in [-0.25, -0.2) is 4.98 Å². The number of rotatable bonds is 4. The molecule has 0 aliphatic heterocycles. The first-order valence-electron chi connectivity index (χ1n) is 3.35. The van der Waals surface area contributed by atoms with Crippen LogP contribution < -0.4 is 5.32 Å². The molecular formula is C6H11N3S2. The molecule has 0 radical (unpaired) electrons. The van der Waals surface area contributed by atoms with Gasteiger partial charge in [0, 0.05) is 23.3 Å². The lowest BCUT2D eigenvalue weighted by molar-refractivity contribution is 0.911. The fraction of sp³-hybridized carbons (Fsp3) is 0.667. The van der Waals surface area contributed by atoms with E-state index >= 15 is 0 Å². The summed E-state index contributed by atoms with van der Waals surface area (Å²) < 4.78 is 3.90. The third-order valence-electron chi connectivity index (χ3n) is 1.15. The quantitative estimate of drug-likeness (QED) is 0.782. The van der Waals surface area contributed by atoms with Crippen molar-refractivity contribution in [2.45, 2.75) is 13.0 Å². The minimum absolute atomic E-state index is 0.470. The number of hydrogen-bond donors (Lipinski definition) is 1. The zero-order valence-corrected chi connectivity index (χ0v) is 8.21. The summed E-state index contributed by atoms with van der Waals surface area (Å²) in [7, 11) is 0. The molecule has 62 valence electrons. The Morgan fingerprint density at radius 1 is 1.82 bits per heavy atom. The SMILES string of the molecule is CSCC(C)Nc1ncns1. The van der Waals surface area contributed by atoms with Gasteiger partial charge in [-0.05, 0) is 13.2 Å². The van der Waals surface area contributed by atoms with Crippen molar-refractivity contribution in [3.05, 3.63) is 6.33 Å². The summed E-state index contributed by atoms with van der Waals surface area (Å²) in [5.74, 6) is 1.10. The molecule has 11 heavy (non-hydrogen) atoms. The predicted octanol–water partition coefficient (Wildman–Crippen LogP) is 1.70. The van der Waals surface area contributed by atoms with Gasteiger partial charge in [0.05, 0.1) is 0 Å². The highest BCUT2D eigenvalue weighted by Gasteiger charge is 2.01. The Kier molecular flexibility index (Phi) is 3.65. The number of thioether (sulfide) groups is 1. The van der Waals surface area contributed by atoms with Gasteiger partial charge in [0.25, 0.3) is 0 Å². The van der Waals surface area contributed by atoms with Crippen LogP contribution in [0, 0.1) is 0 Å². The second-order valence-electron chi connectivity index (χ2n) is 2.25. The molecule has 1 N–H and O–H groups in total. The number of nitrogens with zero attached hydrogens (tertiary/aromatic N) is 2. The highest BCUT2D eigenvalue weighted by molar-refractivity contribution is 7.98. The van der Waals surface area contributed by atoms with Gasteiger partial charge < -0.3 is 5.32 Å². The lowest BCUT2D eigenvalue weighted by atomic mass is 10.4. The molecule has 1 unspecified atom stereocenters. The fourth-order valence-electron chi connectivity index (χ4n) is 0.739. The van der Waals surface area contributed by atoms with Crippen LogP contribution in [0.3, 0.4) is 0 Å². The molecule has 1 heterocycles. The smallest absolute Gasteiger partial charge is 0.202 e. The van der Waals surface area contributed by atoms with Crippen LogP contribution in [-0.2, 0) is 0 Å². The van der Waals surface area contributed by atoms with Crippen LogP contribution in [0.4, 0.5) is 5.13 Å². The van der Waals surface area contributed by atoms with Crippen LogP contribution in [0.25, 0.3) is 0 Å². The highest BCUT2D eigenvalue weighted by Crippen LogP contribution is 2.09. The Balaban J connectivity index is 2.31. The molecule has 1 aromatic heterocycles. The van der Waals surface area contributed by atoms with Crippen LogP contribution in [0.15, 0.2) is 6.33 Å². The molecule has 1 atom stereocenters. The number of aromatic nitrogens is 2. The largest absolute Gasteiger partial charge is 0.357 e. The molecular weight excluding hydrogens is 178 g/mol. The van der Waals surface area contributed by atoms with E-state index < -0.39 is 0 Å². The Hall–Kier alpha value is -0.290. The van der Waals surface area contributed by atoms with E-state index in [1.165, 1.54) is 11.5 Å². The number of nitrogens with one attached hydrogen (secondary N) is 1. The lowest BCUT2D eigenvalue weighted by Crippen LogP contribution is -2.17. The first-order valence-corrected chi connectivity index (χ1v) is 5.52. The normalized spacial score (nSPS) is 12.9. The van der Waals surface area contributed by atoms with Crippen LogP contribution in [0.1, 0.15) is 6.92 Å². The van der Waals surface area contributed by atoms with Crippen molar-refractivity contribution in [2.75, 3.05) is 17.3 Å². The van der Waals surface area contributed by atoms with E-state index in [0.717, 1.165) is 10.9 Å². The summed E-state index contributed by atoms with van der Waals surface area (Å²) in [5, 5.41) is 4.16. The molecule has 1 aromatic rings. The standard InChI is InChI=1S/C6H11N3S2/c1-5(3-10-2)9-6-7-4-8-11-6/h4-5H,3H2,1-2H3,(H,7,8,9). The van der Waals surface area contributed by atoms with E-state index in [9.17, 15) is 0 Å². The minimum Gasteiger partial charge on any atom is -0.357 e. The first kappa shape index (κ1) is 8.80. The third-order valence-corrected chi connectivity index (χ3v) is 2.58. The summed E-state index contributed by atoms with van der Waals surface area (Å²) in [6.45, 7) is 2.14. The van der Waals surface area contributed by atoms with Crippen molar-refractivity contribution in [3.8, 4) is 0 Å². The minimum atomic E-state index is 0.470. The Labute approximate surface area is 74.8 Å². The van der Waals surface area contributed by atoms with Crippen molar-refractivity contribution >= 4 is 28.4 Å². The topological polar surface area (TPSA) is 37.8 Å². The number of anilines is 1. The molecule has 3 nitrogen and oxygen atoms in total. The maximum absolute atomic E-state index is 4.03. The monoisotopic (exact) mass is 189 g/mol. The summed E-state index contributed by atoms with van der Waals surface area (Å²) in [4.78, 5) is 4.03. The zero-order valence-electron chi connectivity index (χ0n) is 6.57. The Morgan fingerprint density at radius 3 is 3.18 bits per heavy atom. The molecule has 0 spiro atoms. The molecule has 0 aliphatic rings. The maximum atomic E-state index is 4.03. The van der Waals surface area contributed by atoms with E-state index in [0.29, 0.717) is 6.04 Å². The molecule has 0 aromatic carbocycles. The Morgan fingerprint density at radius 2 is 2.64 bits per heavy atom. The van der Waals surface area contributed by atoms with E-state index in [-0.39, 0.29) is 0 Å². The van der Waals surface area contributed by atoms with Gasteiger partial charge in [0.1, 0.15) is 6.33 Å². The average Bonchev–Trinajstić information content (AvgIpc) is 2.40. The fourth-order valence-corrected chi connectivity index (χ4v) is 1.86. The van der Waals surface area contributed by atoms with Crippen LogP contribution in [0.5, 0.6) is 0 Å². The van der Waals surface area contributed by atoms with Gasteiger partial charge in [-0.15, -0.1) is 0 Å². The first-order chi connectivity index (χ1) is 5.33. The Bertz CT molecular complexity index is 188. The predicted molar refractivity (Wildman–Crippen MR) is 51.4 cm³/mol. The highest BCUT2D eigenvalue weighted by atomic mass is 32.2. The van der Waals surface area contributed by atoms with Crippen molar-refractivity contribution in [2.24, 2.45) is 0 Å².